The van der Waals surface area contributed by atoms with Gasteiger partial charge in [-0.05, 0) is 60.2 Å². The number of halogens is 5. The van der Waals surface area contributed by atoms with Crippen molar-refractivity contribution in [2.24, 2.45) is 0 Å². The zero-order valence-corrected chi connectivity index (χ0v) is 22.9. The summed E-state index contributed by atoms with van der Waals surface area (Å²) in [7, 11) is 0. The molecule has 43 heavy (non-hydrogen) atoms. The number of benzene rings is 3. The normalized spacial score (nSPS) is 17.5. The summed E-state index contributed by atoms with van der Waals surface area (Å²) >= 11 is 6.40. The van der Waals surface area contributed by atoms with E-state index in [1.54, 1.807) is 6.07 Å². The van der Waals surface area contributed by atoms with Crippen LogP contribution in [0.2, 0.25) is 5.02 Å². The lowest BCUT2D eigenvalue weighted by atomic mass is 9.97. The lowest BCUT2D eigenvalue weighted by molar-refractivity contribution is -0.384. The molecule has 0 saturated heterocycles. The first-order chi connectivity index (χ1) is 20.5. The second-order valence-electron chi connectivity index (χ2n) is 10.3. The number of nitrogens with one attached hydrogen (secondary N) is 2. The van der Waals surface area contributed by atoms with Gasteiger partial charge in [0.05, 0.1) is 22.7 Å². The van der Waals surface area contributed by atoms with Gasteiger partial charge in [0.1, 0.15) is 28.2 Å². The Morgan fingerprint density at radius 2 is 1.81 bits per heavy atom. The fraction of sp³-hybridized carbons (Fsp3) is 0.241. The fourth-order valence-electron chi connectivity index (χ4n) is 5.41. The Morgan fingerprint density at radius 3 is 2.53 bits per heavy atom. The van der Waals surface area contributed by atoms with Crippen molar-refractivity contribution in [3.8, 4) is 11.5 Å². The number of fused-ring (bicyclic) bond motifs is 2. The van der Waals surface area contributed by atoms with Gasteiger partial charge in [-0.2, -0.15) is 18.3 Å². The van der Waals surface area contributed by atoms with Gasteiger partial charge in [0.25, 0.3) is 11.6 Å². The minimum absolute atomic E-state index is 0.0538. The number of carbonyl (C=O) groups excluding carboxylic acids is 1. The molecular weight excluding hydrogens is 594 g/mol. The van der Waals surface area contributed by atoms with Crippen LogP contribution in [0.15, 0.2) is 60.7 Å². The van der Waals surface area contributed by atoms with Crippen LogP contribution in [0.25, 0.3) is 0 Å². The number of carbonyl (C=O) groups is 1. The highest BCUT2D eigenvalue weighted by molar-refractivity contribution is 6.36. The SMILES string of the molecule is O=C(Nc1cc(Oc2ccc3c(c2)CCC3)cc([N+](=O)[O-])c1)c1nn2c(c1Cl)N[C@H](c1ccc(F)cc1)C[C@H]2C(F)(F)F. The number of hydrogen-bond acceptors (Lipinski definition) is 6. The summed E-state index contributed by atoms with van der Waals surface area (Å²) in [6.45, 7) is 0. The van der Waals surface area contributed by atoms with Gasteiger partial charge in [-0.3, -0.25) is 14.9 Å². The van der Waals surface area contributed by atoms with Gasteiger partial charge in [0, 0.05) is 18.6 Å². The summed E-state index contributed by atoms with van der Waals surface area (Å²) in [6, 6.07) is 11.1. The van der Waals surface area contributed by atoms with Gasteiger partial charge >= 0.3 is 6.18 Å². The average molecular weight is 616 g/mol. The molecular formula is C29H22ClF4N5O4. The Labute approximate surface area is 246 Å². The van der Waals surface area contributed by atoms with Gasteiger partial charge in [-0.25, -0.2) is 9.07 Å². The van der Waals surface area contributed by atoms with E-state index in [0.29, 0.717) is 16.0 Å². The number of ether oxygens (including phenoxy) is 1. The predicted molar refractivity (Wildman–Crippen MR) is 149 cm³/mol. The van der Waals surface area contributed by atoms with Crippen molar-refractivity contribution in [3.63, 3.8) is 0 Å². The van der Waals surface area contributed by atoms with Crippen LogP contribution < -0.4 is 15.4 Å². The maximum absolute atomic E-state index is 14.1. The van der Waals surface area contributed by atoms with Crippen LogP contribution in [0.5, 0.6) is 11.5 Å². The third-order valence-electron chi connectivity index (χ3n) is 7.45. The number of rotatable bonds is 6. The van der Waals surface area contributed by atoms with E-state index in [1.165, 1.54) is 29.8 Å². The average Bonchev–Trinajstić information content (AvgIpc) is 3.56. The van der Waals surface area contributed by atoms with Gasteiger partial charge in [0.2, 0.25) is 0 Å². The molecule has 2 heterocycles. The summed E-state index contributed by atoms with van der Waals surface area (Å²) in [5.41, 5.74) is 1.77. The van der Waals surface area contributed by atoms with E-state index in [1.807, 2.05) is 12.1 Å². The molecule has 2 aliphatic rings. The Morgan fingerprint density at radius 1 is 1.07 bits per heavy atom. The van der Waals surface area contributed by atoms with Crippen LogP contribution in [-0.4, -0.2) is 26.8 Å². The molecule has 1 aromatic heterocycles. The third-order valence-corrected chi connectivity index (χ3v) is 7.81. The second-order valence-corrected chi connectivity index (χ2v) is 10.7. The number of nitro benzene ring substituents is 1. The van der Waals surface area contributed by atoms with Crippen LogP contribution in [0.4, 0.5) is 34.8 Å². The molecule has 222 valence electrons. The maximum Gasteiger partial charge on any atom is 0.410 e. The quantitative estimate of drug-likeness (QED) is 0.130. The first kappa shape index (κ1) is 28.5. The molecule has 1 amide bonds. The molecule has 3 aromatic carbocycles. The Balaban J connectivity index is 1.29. The highest BCUT2D eigenvalue weighted by Crippen LogP contribution is 2.46. The summed E-state index contributed by atoms with van der Waals surface area (Å²) < 4.78 is 62.2. The van der Waals surface area contributed by atoms with Crippen LogP contribution in [0.1, 0.15) is 52.1 Å². The minimum atomic E-state index is -4.75. The van der Waals surface area contributed by atoms with E-state index in [-0.39, 0.29) is 28.0 Å². The molecule has 2 atom stereocenters. The Hall–Kier alpha value is -4.65. The molecule has 0 spiro atoms. The Bertz CT molecular complexity index is 1740. The molecule has 9 nitrogen and oxygen atoms in total. The fourth-order valence-corrected chi connectivity index (χ4v) is 5.67. The standard InChI is InChI=1S/C29H22ClF4N5O4/c30-25-26(37-38-24(29(32,33)34)14-23(36-27(25)38)16-4-7-18(31)8-5-16)28(40)35-19-11-20(39(41)42)13-22(12-19)43-21-9-6-15-2-1-3-17(15)10-21/h4-13,23-24,36H,1-3,14H2,(H,35,40)/t23-,24-/m0/s1. The van der Waals surface area contributed by atoms with Crippen molar-refractivity contribution >= 4 is 34.7 Å². The Kier molecular flexibility index (Phi) is 7.20. The molecule has 1 aliphatic heterocycles. The number of aryl methyl sites for hydroxylation is 2. The van der Waals surface area contributed by atoms with Crippen molar-refractivity contribution in [2.75, 3.05) is 10.6 Å². The van der Waals surface area contributed by atoms with E-state index in [9.17, 15) is 32.5 Å². The van der Waals surface area contributed by atoms with E-state index < -0.39 is 47.0 Å². The van der Waals surface area contributed by atoms with Crippen molar-refractivity contribution < 1.29 is 32.0 Å². The molecule has 0 bridgehead atoms. The highest BCUT2D eigenvalue weighted by atomic mass is 35.5. The highest BCUT2D eigenvalue weighted by Gasteiger charge is 2.48. The number of anilines is 2. The van der Waals surface area contributed by atoms with E-state index in [4.69, 9.17) is 16.3 Å². The lowest BCUT2D eigenvalue weighted by Crippen LogP contribution is -2.35. The number of nitro groups is 1. The monoisotopic (exact) mass is 615 g/mol. The number of non-ortho nitro benzene ring substituents is 1. The third kappa shape index (κ3) is 5.72. The molecule has 6 rings (SSSR count). The largest absolute Gasteiger partial charge is 0.457 e. The minimum Gasteiger partial charge on any atom is -0.457 e. The number of aromatic nitrogens is 2. The number of amides is 1. The zero-order valence-electron chi connectivity index (χ0n) is 22.1. The first-order valence-electron chi connectivity index (χ1n) is 13.2. The topological polar surface area (TPSA) is 111 Å². The second kappa shape index (κ2) is 10.9. The first-order valence-corrected chi connectivity index (χ1v) is 13.6. The lowest BCUT2D eigenvalue weighted by Gasteiger charge is -2.33. The molecule has 0 unspecified atom stereocenters. The van der Waals surface area contributed by atoms with E-state index in [2.05, 4.69) is 15.7 Å². The molecule has 14 heteroatoms. The van der Waals surface area contributed by atoms with E-state index in [0.717, 1.165) is 43.0 Å². The van der Waals surface area contributed by atoms with E-state index >= 15 is 0 Å². The van der Waals surface area contributed by atoms with Crippen LogP contribution >= 0.6 is 11.6 Å². The maximum atomic E-state index is 14.1. The number of nitrogens with zero attached hydrogens (tertiary/aromatic N) is 3. The molecule has 4 aromatic rings. The number of hydrogen-bond donors (Lipinski definition) is 2. The summed E-state index contributed by atoms with van der Waals surface area (Å²) in [5.74, 6) is -1.25. The van der Waals surface area contributed by atoms with Crippen LogP contribution in [0.3, 0.4) is 0 Å². The molecule has 0 radical (unpaired) electrons. The molecule has 1 aliphatic carbocycles. The summed E-state index contributed by atoms with van der Waals surface area (Å²) in [5, 5.41) is 20.4. The molecule has 2 N–H and O–H groups in total. The van der Waals surface area contributed by atoms with Gasteiger partial charge in [-0.1, -0.05) is 29.8 Å². The molecule has 0 fully saturated rings. The predicted octanol–water partition coefficient (Wildman–Crippen LogP) is 7.78. The number of alkyl halides is 3. The van der Waals surface area contributed by atoms with Crippen molar-refractivity contribution in [3.05, 3.63) is 104 Å². The van der Waals surface area contributed by atoms with Gasteiger partial charge in [-0.15, -0.1) is 0 Å². The summed E-state index contributed by atoms with van der Waals surface area (Å²) in [6.07, 6.45) is -2.35. The van der Waals surface area contributed by atoms with Gasteiger partial charge < -0.3 is 15.4 Å². The van der Waals surface area contributed by atoms with Gasteiger partial charge in [0.15, 0.2) is 11.7 Å². The smallest absolute Gasteiger partial charge is 0.410 e. The molecule has 0 saturated carbocycles. The van der Waals surface area contributed by atoms with Crippen molar-refractivity contribution in [2.45, 2.75) is 43.9 Å². The zero-order chi connectivity index (χ0) is 30.5. The van der Waals surface area contributed by atoms with Crippen LogP contribution in [-0.2, 0) is 12.8 Å². The van der Waals surface area contributed by atoms with Crippen molar-refractivity contribution in [1.82, 2.24) is 9.78 Å². The van der Waals surface area contributed by atoms with Crippen molar-refractivity contribution in [1.29, 1.82) is 0 Å². The summed E-state index contributed by atoms with van der Waals surface area (Å²) in [4.78, 5) is 24.2. The van der Waals surface area contributed by atoms with Crippen LogP contribution in [0, 0.1) is 15.9 Å².